The molecule has 0 spiro atoms. The van der Waals surface area contributed by atoms with Crippen LogP contribution in [0.25, 0.3) is 22.6 Å². The Balaban J connectivity index is 1.99. The largest absolute Gasteiger partial charge is 0.508 e. The van der Waals surface area contributed by atoms with Crippen molar-refractivity contribution in [2.75, 3.05) is 0 Å². The van der Waals surface area contributed by atoms with Crippen LogP contribution in [0.1, 0.15) is 5.56 Å². The number of rotatable bonds is 2. The number of aromatic hydroxyl groups is 1. The molecule has 2 aromatic heterocycles. The Hall–Kier alpha value is -2.82. The summed E-state index contributed by atoms with van der Waals surface area (Å²) in [6, 6.07) is 9.74. The van der Waals surface area contributed by atoms with E-state index in [1.165, 1.54) is 12.1 Å². The smallest absolute Gasteiger partial charge is 0.224 e. The van der Waals surface area contributed by atoms with Gasteiger partial charge in [-0.05, 0) is 48.9 Å². The van der Waals surface area contributed by atoms with Crippen molar-refractivity contribution in [3.8, 4) is 28.4 Å². The first-order valence-corrected chi connectivity index (χ1v) is 6.38. The molecular formula is C16H12FN3O. The van der Waals surface area contributed by atoms with Crippen molar-refractivity contribution in [3.05, 3.63) is 60.3 Å². The fraction of sp³-hybridized carbons (Fsp3) is 0.0625. The van der Waals surface area contributed by atoms with Crippen molar-refractivity contribution < 1.29 is 9.50 Å². The molecule has 104 valence electrons. The Bertz CT molecular complexity index is 771. The van der Waals surface area contributed by atoms with E-state index in [0.717, 1.165) is 11.1 Å². The van der Waals surface area contributed by atoms with Crippen LogP contribution in [0.2, 0.25) is 0 Å². The zero-order valence-corrected chi connectivity index (χ0v) is 11.3. The van der Waals surface area contributed by atoms with Gasteiger partial charge in [0.1, 0.15) is 5.75 Å². The predicted octanol–water partition coefficient (Wildman–Crippen LogP) is 3.36. The van der Waals surface area contributed by atoms with Gasteiger partial charge < -0.3 is 5.11 Å². The third-order valence-corrected chi connectivity index (χ3v) is 3.03. The molecule has 3 aromatic rings. The third kappa shape index (κ3) is 2.72. The maximum Gasteiger partial charge on any atom is 0.224 e. The van der Waals surface area contributed by atoms with Crippen LogP contribution in [0.4, 0.5) is 4.39 Å². The highest BCUT2D eigenvalue weighted by atomic mass is 19.1. The van der Waals surface area contributed by atoms with Crippen molar-refractivity contribution in [1.29, 1.82) is 0 Å². The Morgan fingerprint density at radius 1 is 0.952 bits per heavy atom. The molecule has 5 heteroatoms. The fourth-order valence-electron chi connectivity index (χ4n) is 1.93. The molecule has 0 fully saturated rings. The average Bonchev–Trinajstić information content (AvgIpc) is 2.49. The summed E-state index contributed by atoms with van der Waals surface area (Å²) in [6.45, 7) is 1.87. The average molecular weight is 281 g/mol. The van der Waals surface area contributed by atoms with Crippen LogP contribution in [-0.4, -0.2) is 20.1 Å². The van der Waals surface area contributed by atoms with E-state index >= 15 is 0 Å². The van der Waals surface area contributed by atoms with E-state index in [-0.39, 0.29) is 11.3 Å². The van der Waals surface area contributed by atoms with Gasteiger partial charge in [-0.3, -0.25) is 0 Å². The number of hydrogen-bond acceptors (Lipinski definition) is 4. The summed E-state index contributed by atoms with van der Waals surface area (Å²) in [7, 11) is 0. The van der Waals surface area contributed by atoms with Gasteiger partial charge in [-0.15, -0.1) is 0 Å². The Kier molecular flexibility index (Phi) is 3.31. The lowest BCUT2D eigenvalue weighted by molar-refractivity contribution is 0.475. The van der Waals surface area contributed by atoms with Crippen molar-refractivity contribution in [2.45, 2.75) is 6.92 Å². The number of phenolic OH excluding ortho intramolecular Hbond substituents is 1. The zero-order valence-electron chi connectivity index (χ0n) is 11.3. The first kappa shape index (κ1) is 13.2. The molecule has 3 rings (SSSR count). The van der Waals surface area contributed by atoms with Crippen LogP contribution in [0.3, 0.4) is 0 Å². The number of aryl methyl sites for hydroxylation is 1. The van der Waals surface area contributed by atoms with Gasteiger partial charge in [-0.25, -0.2) is 15.0 Å². The fourth-order valence-corrected chi connectivity index (χ4v) is 1.93. The Labute approximate surface area is 121 Å². The summed E-state index contributed by atoms with van der Waals surface area (Å²) in [4.78, 5) is 12.1. The van der Waals surface area contributed by atoms with E-state index in [1.54, 1.807) is 36.7 Å². The molecule has 0 atom stereocenters. The van der Waals surface area contributed by atoms with Gasteiger partial charge in [0.2, 0.25) is 5.95 Å². The molecule has 21 heavy (non-hydrogen) atoms. The second-order valence-corrected chi connectivity index (χ2v) is 4.67. The summed E-state index contributed by atoms with van der Waals surface area (Å²) in [5, 5.41) is 9.26. The van der Waals surface area contributed by atoms with Crippen molar-refractivity contribution in [1.82, 2.24) is 15.0 Å². The van der Waals surface area contributed by atoms with Crippen LogP contribution in [0.15, 0.2) is 48.8 Å². The van der Waals surface area contributed by atoms with E-state index < -0.39 is 5.95 Å². The van der Waals surface area contributed by atoms with Crippen molar-refractivity contribution >= 4 is 0 Å². The van der Waals surface area contributed by atoms with Crippen LogP contribution in [-0.2, 0) is 0 Å². The highest BCUT2D eigenvalue weighted by molar-refractivity contribution is 5.64. The number of phenols is 1. The summed E-state index contributed by atoms with van der Waals surface area (Å²) < 4.78 is 14.2. The molecule has 0 saturated heterocycles. The van der Waals surface area contributed by atoms with Gasteiger partial charge in [0.25, 0.3) is 0 Å². The van der Waals surface area contributed by atoms with E-state index in [4.69, 9.17) is 0 Å². The minimum absolute atomic E-state index is 0.156. The first-order chi connectivity index (χ1) is 10.1. The Morgan fingerprint density at radius 3 is 2.24 bits per heavy atom. The molecule has 0 bridgehead atoms. The molecule has 0 aliphatic heterocycles. The summed E-state index contributed by atoms with van der Waals surface area (Å²) >= 11 is 0. The van der Waals surface area contributed by atoms with E-state index in [1.807, 2.05) is 6.92 Å². The predicted molar refractivity (Wildman–Crippen MR) is 77.1 cm³/mol. The number of aromatic nitrogens is 3. The minimum atomic E-state index is -0.621. The molecule has 1 N–H and O–H groups in total. The molecule has 0 unspecified atom stereocenters. The van der Waals surface area contributed by atoms with E-state index in [9.17, 15) is 9.50 Å². The molecule has 0 saturated carbocycles. The van der Waals surface area contributed by atoms with Crippen LogP contribution >= 0.6 is 0 Å². The molecule has 1 aromatic carbocycles. The van der Waals surface area contributed by atoms with Crippen molar-refractivity contribution in [3.63, 3.8) is 0 Å². The summed E-state index contributed by atoms with van der Waals surface area (Å²) in [5.74, 6) is -0.156. The molecule has 2 heterocycles. The van der Waals surface area contributed by atoms with Crippen LogP contribution in [0.5, 0.6) is 5.75 Å². The first-order valence-electron chi connectivity index (χ1n) is 6.38. The number of benzene rings is 1. The maximum absolute atomic E-state index is 14.2. The molecule has 0 aliphatic rings. The molecule has 0 radical (unpaired) electrons. The van der Waals surface area contributed by atoms with Gasteiger partial charge in [-0.1, -0.05) is 0 Å². The van der Waals surface area contributed by atoms with Gasteiger partial charge in [0, 0.05) is 18.0 Å². The SMILES string of the molecule is Cc1cnc(-c2ccc(-c3ccc(O)cc3)nc2F)nc1. The number of hydrogen-bond donors (Lipinski definition) is 1. The van der Waals surface area contributed by atoms with Gasteiger partial charge >= 0.3 is 0 Å². The normalized spacial score (nSPS) is 10.6. The topological polar surface area (TPSA) is 58.9 Å². The van der Waals surface area contributed by atoms with Gasteiger partial charge in [0.05, 0.1) is 11.3 Å². The standard InChI is InChI=1S/C16H12FN3O/c1-10-8-18-16(19-9-10)13-6-7-14(20-15(13)17)11-2-4-12(21)5-3-11/h2-9,21H,1H3. The molecule has 4 nitrogen and oxygen atoms in total. The van der Waals surface area contributed by atoms with Gasteiger partial charge in [-0.2, -0.15) is 4.39 Å². The highest BCUT2D eigenvalue weighted by Crippen LogP contribution is 2.24. The summed E-state index contributed by atoms with van der Waals surface area (Å²) in [6.07, 6.45) is 3.27. The minimum Gasteiger partial charge on any atom is -0.508 e. The van der Waals surface area contributed by atoms with Gasteiger partial charge in [0.15, 0.2) is 5.82 Å². The zero-order chi connectivity index (χ0) is 14.8. The van der Waals surface area contributed by atoms with E-state index in [0.29, 0.717) is 11.5 Å². The maximum atomic E-state index is 14.2. The molecule has 0 amide bonds. The highest BCUT2D eigenvalue weighted by Gasteiger charge is 2.11. The van der Waals surface area contributed by atoms with Crippen molar-refractivity contribution in [2.24, 2.45) is 0 Å². The molecule has 0 aliphatic carbocycles. The third-order valence-electron chi connectivity index (χ3n) is 3.03. The monoisotopic (exact) mass is 281 g/mol. The summed E-state index contributed by atoms with van der Waals surface area (Å²) in [5.41, 5.74) is 2.39. The molecular weight excluding hydrogens is 269 g/mol. The lowest BCUT2D eigenvalue weighted by atomic mass is 10.1. The lowest BCUT2D eigenvalue weighted by Gasteiger charge is -2.05. The van der Waals surface area contributed by atoms with Crippen LogP contribution < -0.4 is 0 Å². The quantitative estimate of drug-likeness (QED) is 0.732. The van der Waals surface area contributed by atoms with E-state index in [2.05, 4.69) is 15.0 Å². The second-order valence-electron chi connectivity index (χ2n) is 4.67. The number of nitrogens with zero attached hydrogens (tertiary/aromatic N) is 3. The second kappa shape index (κ2) is 5.28. The number of halogens is 1. The van der Waals surface area contributed by atoms with Crippen LogP contribution in [0, 0.1) is 12.9 Å². The number of pyridine rings is 1. The Morgan fingerprint density at radius 2 is 1.62 bits per heavy atom. The lowest BCUT2D eigenvalue weighted by Crippen LogP contribution is -1.96.